The van der Waals surface area contributed by atoms with Crippen molar-refractivity contribution in [3.8, 4) is 5.75 Å². The van der Waals surface area contributed by atoms with Gasteiger partial charge in [0.05, 0.1) is 6.04 Å². The van der Waals surface area contributed by atoms with E-state index in [1.807, 2.05) is 0 Å². The fourth-order valence-electron chi connectivity index (χ4n) is 3.31. The minimum atomic E-state index is -1.34. The number of aliphatic carboxylic acids is 1. The van der Waals surface area contributed by atoms with Gasteiger partial charge < -0.3 is 49.1 Å². The van der Waals surface area contributed by atoms with Gasteiger partial charge in [-0.2, -0.15) is 12.6 Å². The van der Waals surface area contributed by atoms with E-state index in [0.717, 1.165) is 0 Å². The molecule has 0 bridgehead atoms. The predicted molar refractivity (Wildman–Crippen MR) is 145 cm³/mol. The van der Waals surface area contributed by atoms with Crippen molar-refractivity contribution < 1.29 is 34.2 Å². The number of nitrogens with two attached hydrogens (primary N) is 4. The molecule has 0 saturated carbocycles. The number of hydrogen-bond donors (Lipinski definition) is 10. The third-order valence-electron chi connectivity index (χ3n) is 5.42. The van der Waals surface area contributed by atoms with E-state index >= 15 is 0 Å². The maximum Gasteiger partial charge on any atom is 0.326 e. The Morgan fingerprint density at radius 3 is 1.97 bits per heavy atom. The molecule has 216 valence electrons. The lowest BCUT2D eigenvalue weighted by atomic mass is 10.1. The summed E-state index contributed by atoms with van der Waals surface area (Å²) in [5, 5.41) is 26.0. The van der Waals surface area contributed by atoms with Gasteiger partial charge in [0.2, 0.25) is 23.6 Å². The van der Waals surface area contributed by atoms with E-state index in [4.69, 9.17) is 22.9 Å². The Morgan fingerprint density at radius 2 is 1.44 bits per heavy atom. The van der Waals surface area contributed by atoms with Crippen LogP contribution in [0.15, 0.2) is 29.3 Å². The zero-order chi connectivity index (χ0) is 29.5. The van der Waals surface area contributed by atoms with Crippen molar-refractivity contribution in [2.45, 2.75) is 56.3 Å². The monoisotopic (exact) mass is 568 g/mol. The fraction of sp³-hybridized carbons (Fsp3) is 0.478. The molecule has 0 saturated heterocycles. The quantitative estimate of drug-likeness (QED) is 0.0394. The van der Waals surface area contributed by atoms with Crippen molar-refractivity contribution in [3.63, 3.8) is 0 Å². The molecule has 1 aromatic rings. The van der Waals surface area contributed by atoms with E-state index in [1.54, 1.807) is 12.1 Å². The van der Waals surface area contributed by atoms with Crippen LogP contribution in [-0.2, 0) is 30.4 Å². The standard InChI is InChI=1S/C23H36N8O7S/c24-14(10-12-3-5-13(32)6-4-12)19(34)31-17(11-39)21(36)29-15(7-8-18(25)33)20(35)30-16(22(37)38)2-1-9-28-23(26)27/h3-6,14-17,32,39H,1-2,7-11,24H2,(H2,25,33)(H,29,36)(H,30,35)(H,31,34)(H,37,38)(H4,26,27,28). The van der Waals surface area contributed by atoms with Crippen LogP contribution in [0.3, 0.4) is 0 Å². The molecule has 4 atom stereocenters. The summed E-state index contributed by atoms with van der Waals surface area (Å²) in [7, 11) is 0. The summed E-state index contributed by atoms with van der Waals surface area (Å²) in [6.07, 6.45) is -0.151. The molecule has 0 spiro atoms. The van der Waals surface area contributed by atoms with Crippen molar-refractivity contribution >= 4 is 48.2 Å². The first-order chi connectivity index (χ1) is 18.3. The summed E-state index contributed by atoms with van der Waals surface area (Å²) in [5.41, 5.74) is 22.3. The number of phenolic OH excluding ortho intramolecular Hbond substituents is 1. The Labute approximate surface area is 230 Å². The van der Waals surface area contributed by atoms with Crippen LogP contribution in [0.25, 0.3) is 0 Å². The second kappa shape index (κ2) is 16.7. The number of hydrogen-bond acceptors (Lipinski definition) is 9. The molecule has 13 N–H and O–H groups in total. The normalized spacial score (nSPS) is 13.7. The highest BCUT2D eigenvalue weighted by atomic mass is 32.1. The number of carbonyl (C=O) groups is 5. The van der Waals surface area contributed by atoms with Crippen LogP contribution in [0, 0.1) is 0 Å². The summed E-state index contributed by atoms with van der Waals surface area (Å²) in [6.45, 7) is 0.141. The van der Waals surface area contributed by atoms with Crippen LogP contribution >= 0.6 is 12.6 Å². The third-order valence-corrected chi connectivity index (χ3v) is 5.78. The molecular formula is C23H36N8O7S. The van der Waals surface area contributed by atoms with Gasteiger partial charge in [0.25, 0.3) is 0 Å². The number of aromatic hydroxyl groups is 1. The van der Waals surface area contributed by atoms with E-state index in [0.29, 0.717) is 5.56 Å². The fourth-order valence-corrected chi connectivity index (χ4v) is 3.57. The Kier molecular flexibility index (Phi) is 14.1. The number of carboxylic acids is 1. The van der Waals surface area contributed by atoms with Crippen molar-refractivity contribution in [3.05, 3.63) is 29.8 Å². The van der Waals surface area contributed by atoms with Crippen LogP contribution in [0.1, 0.15) is 31.2 Å². The predicted octanol–water partition coefficient (Wildman–Crippen LogP) is -2.95. The van der Waals surface area contributed by atoms with Gasteiger partial charge in [-0.1, -0.05) is 12.1 Å². The molecule has 0 fully saturated rings. The van der Waals surface area contributed by atoms with Gasteiger partial charge >= 0.3 is 5.97 Å². The van der Waals surface area contributed by atoms with Crippen molar-refractivity contribution in [1.29, 1.82) is 0 Å². The Hall–Kier alpha value is -4.05. The lowest BCUT2D eigenvalue weighted by molar-refractivity contribution is -0.142. The first kappa shape index (κ1) is 33.0. The molecule has 1 rings (SSSR count). The molecule has 0 heterocycles. The van der Waals surface area contributed by atoms with E-state index in [1.165, 1.54) is 12.1 Å². The molecule has 16 heteroatoms. The van der Waals surface area contributed by atoms with Gasteiger partial charge in [-0.05, 0) is 43.4 Å². The highest BCUT2D eigenvalue weighted by molar-refractivity contribution is 7.80. The van der Waals surface area contributed by atoms with Crippen molar-refractivity contribution in [2.24, 2.45) is 27.9 Å². The molecule has 0 aliphatic carbocycles. The van der Waals surface area contributed by atoms with E-state index in [2.05, 4.69) is 33.6 Å². The lowest BCUT2D eigenvalue weighted by Crippen LogP contribution is -2.57. The number of nitrogens with one attached hydrogen (secondary N) is 3. The average Bonchev–Trinajstić information content (AvgIpc) is 2.87. The van der Waals surface area contributed by atoms with Crippen LogP contribution < -0.4 is 38.9 Å². The van der Waals surface area contributed by atoms with Crippen LogP contribution in [0.5, 0.6) is 5.75 Å². The molecule has 0 radical (unpaired) electrons. The second-order valence-corrected chi connectivity index (χ2v) is 9.00. The number of primary amides is 1. The zero-order valence-corrected chi connectivity index (χ0v) is 22.1. The molecule has 4 amide bonds. The smallest absolute Gasteiger partial charge is 0.326 e. The minimum Gasteiger partial charge on any atom is -0.508 e. The van der Waals surface area contributed by atoms with Crippen LogP contribution in [0.2, 0.25) is 0 Å². The molecule has 0 aliphatic rings. The largest absolute Gasteiger partial charge is 0.508 e. The molecule has 4 unspecified atom stereocenters. The third kappa shape index (κ3) is 12.8. The number of guanidine groups is 1. The molecule has 1 aromatic carbocycles. The number of amides is 4. The Balaban J connectivity index is 2.86. The van der Waals surface area contributed by atoms with Gasteiger partial charge in [0, 0.05) is 18.7 Å². The van der Waals surface area contributed by atoms with Gasteiger partial charge in [0.1, 0.15) is 23.9 Å². The van der Waals surface area contributed by atoms with Gasteiger partial charge in [-0.25, -0.2) is 4.79 Å². The summed E-state index contributed by atoms with van der Waals surface area (Å²) < 4.78 is 0. The summed E-state index contributed by atoms with van der Waals surface area (Å²) >= 11 is 4.09. The lowest BCUT2D eigenvalue weighted by Gasteiger charge is -2.24. The van der Waals surface area contributed by atoms with E-state index in [-0.39, 0.29) is 56.1 Å². The van der Waals surface area contributed by atoms with Crippen LogP contribution in [-0.4, -0.2) is 82.2 Å². The average molecular weight is 569 g/mol. The van der Waals surface area contributed by atoms with Crippen molar-refractivity contribution in [1.82, 2.24) is 16.0 Å². The Bertz CT molecular complexity index is 1030. The van der Waals surface area contributed by atoms with Gasteiger partial charge in [0.15, 0.2) is 5.96 Å². The van der Waals surface area contributed by atoms with E-state index < -0.39 is 53.8 Å². The summed E-state index contributed by atoms with van der Waals surface area (Å²) in [4.78, 5) is 65.0. The molecular weight excluding hydrogens is 532 g/mol. The maximum atomic E-state index is 12.9. The number of carbonyl (C=O) groups excluding carboxylic acids is 4. The number of benzene rings is 1. The number of aliphatic imine (C=N–C) groups is 1. The SMILES string of the molecule is NC(=O)CCC(NC(=O)C(CS)NC(=O)C(N)Cc1ccc(O)cc1)C(=O)NC(CCCN=C(N)N)C(=O)O. The zero-order valence-electron chi connectivity index (χ0n) is 21.2. The van der Waals surface area contributed by atoms with Gasteiger partial charge in [-0.15, -0.1) is 0 Å². The minimum absolute atomic E-state index is 0.0113. The number of thiol groups is 1. The topological polar surface area (TPSA) is 278 Å². The number of carboxylic acid groups (broad SMARTS) is 1. The first-order valence-electron chi connectivity index (χ1n) is 12.0. The number of rotatable bonds is 17. The van der Waals surface area contributed by atoms with Crippen molar-refractivity contribution in [2.75, 3.05) is 12.3 Å². The summed E-state index contributed by atoms with van der Waals surface area (Å²) in [5.74, 6) is -4.67. The molecule has 0 aromatic heterocycles. The number of nitrogens with zero attached hydrogens (tertiary/aromatic N) is 1. The number of phenols is 1. The van der Waals surface area contributed by atoms with E-state index in [9.17, 15) is 34.2 Å². The molecule has 39 heavy (non-hydrogen) atoms. The maximum absolute atomic E-state index is 12.9. The molecule has 0 aliphatic heterocycles. The highest BCUT2D eigenvalue weighted by Crippen LogP contribution is 2.11. The second-order valence-electron chi connectivity index (χ2n) is 8.64. The van der Waals surface area contributed by atoms with Crippen LogP contribution in [0.4, 0.5) is 0 Å². The first-order valence-corrected chi connectivity index (χ1v) is 12.6. The Morgan fingerprint density at radius 1 is 0.872 bits per heavy atom. The van der Waals surface area contributed by atoms with Gasteiger partial charge in [-0.3, -0.25) is 24.2 Å². The molecule has 15 nitrogen and oxygen atoms in total. The summed E-state index contributed by atoms with van der Waals surface area (Å²) in [6, 6.07) is 1.18. The highest BCUT2D eigenvalue weighted by Gasteiger charge is 2.30.